The van der Waals surface area contributed by atoms with Crippen LogP contribution in [0.1, 0.15) is 51.8 Å². The van der Waals surface area contributed by atoms with Gasteiger partial charge in [-0.2, -0.15) is 5.10 Å². The number of aryl methyl sites for hydroxylation is 1. The van der Waals surface area contributed by atoms with Crippen LogP contribution in [-0.2, 0) is 13.0 Å². The standard InChI is InChI=1S/C15H28N4/c1-4-8-19-15(17-11-18-19)10-14(16-3)13-7-6-12(5-2)9-13/h11-14,16H,4-10H2,1-3H3. The molecule has 1 aliphatic carbocycles. The van der Waals surface area contributed by atoms with E-state index in [2.05, 4.69) is 41.0 Å². The lowest BCUT2D eigenvalue weighted by Crippen LogP contribution is -2.35. The lowest BCUT2D eigenvalue weighted by Gasteiger charge is -2.23. The number of nitrogens with one attached hydrogen (secondary N) is 1. The van der Waals surface area contributed by atoms with E-state index in [-0.39, 0.29) is 0 Å². The van der Waals surface area contributed by atoms with Gasteiger partial charge < -0.3 is 5.32 Å². The van der Waals surface area contributed by atoms with E-state index < -0.39 is 0 Å². The molecule has 3 unspecified atom stereocenters. The number of hydrogen-bond donors (Lipinski definition) is 1. The van der Waals surface area contributed by atoms with Crippen LogP contribution in [0.15, 0.2) is 6.33 Å². The predicted octanol–water partition coefficient (Wildman–Crippen LogP) is 2.64. The van der Waals surface area contributed by atoms with Crippen LogP contribution < -0.4 is 5.32 Å². The van der Waals surface area contributed by atoms with Crippen molar-refractivity contribution in [2.24, 2.45) is 11.8 Å². The molecule has 0 aromatic carbocycles. The number of rotatable bonds is 7. The van der Waals surface area contributed by atoms with Gasteiger partial charge in [-0.25, -0.2) is 4.98 Å². The molecule has 1 aromatic rings. The maximum absolute atomic E-state index is 4.44. The molecule has 0 amide bonds. The highest BCUT2D eigenvalue weighted by atomic mass is 15.3. The second-order valence-corrected chi connectivity index (χ2v) is 5.85. The van der Waals surface area contributed by atoms with Gasteiger partial charge in [0.05, 0.1) is 0 Å². The first-order valence-corrected chi connectivity index (χ1v) is 7.82. The molecule has 1 aliphatic rings. The molecule has 0 saturated heterocycles. The fourth-order valence-electron chi connectivity index (χ4n) is 3.40. The van der Waals surface area contributed by atoms with E-state index >= 15 is 0 Å². The topological polar surface area (TPSA) is 42.7 Å². The number of nitrogens with zero attached hydrogens (tertiary/aromatic N) is 3. The highest BCUT2D eigenvalue weighted by Gasteiger charge is 2.30. The van der Waals surface area contributed by atoms with Crippen LogP contribution in [0.25, 0.3) is 0 Å². The SMILES string of the molecule is CCCn1ncnc1CC(NC)C1CCC(CC)C1. The number of aromatic nitrogens is 3. The molecule has 0 bridgehead atoms. The van der Waals surface area contributed by atoms with Crippen molar-refractivity contribution in [3.63, 3.8) is 0 Å². The molecule has 1 saturated carbocycles. The molecule has 1 aromatic heterocycles. The fraction of sp³-hybridized carbons (Fsp3) is 0.867. The minimum Gasteiger partial charge on any atom is -0.316 e. The average Bonchev–Trinajstić information content (AvgIpc) is 3.05. The first kappa shape index (κ1) is 14.5. The van der Waals surface area contributed by atoms with Gasteiger partial charge >= 0.3 is 0 Å². The van der Waals surface area contributed by atoms with Gasteiger partial charge in [0, 0.05) is 19.0 Å². The van der Waals surface area contributed by atoms with E-state index in [1.807, 2.05) is 0 Å². The highest BCUT2D eigenvalue weighted by molar-refractivity contribution is 4.94. The smallest absolute Gasteiger partial charge is 0.138 e. The second-order valence-electron chi connectivity index (χ2n) is 5.85. The third kappa shape index (κ3) is 3.56. The Labute approximate surface area is 117 Å². The Bertz CT molecular complexity index is 374. The average molecular weight is 264 g/mol. The maximum Gasteiger partial charge on any atom is 0.138 e. The van der Waals surface area contributed by atoms with Gasteiger partial charge in [0.2, 0.25) is 0 Å². The van der Waals surface area contributed by atoms with Gasteiger partial charge in [-0.05, 0) is 38.1 Å². The van der Waals surface area contributed by atoms with E-state index in [0.717, 1.165) is 37.0 Å². The van der Waals surface area contributed by atoms with Crippen LogP contribution >= 0.6 is 0 Å². The Morgan fingerprint density at radius 3 is 2.89 bits per heavy atom. The zero-order chi connectivity index (χ0) is 13.7. The lowest BCUT2D eigenvalue weighted by molar-refractivity contribution is 0.351. The summed E-state index contributed by atoms with van der Waals surface area (Å²) in [5, 5.41) is 7.84. The highest BCUT2D eigenvalue weighted by Crippen LogP contribution is 2.35. The predicted molar refractivity (Wildman–Crippen MR) is 78.0 cm³/mol. The molecule has 0 radical (unpaired) electrons. The fourth-order valence-corrected chi connectivity index (χ4v) is 3.40. The van der Waals surface area contributed by atoms with Crippen molar-refractivity contribution < 1.29 is 0 Å². The molecule has 1 N–H and O–H groups in total. The molecule has 0 spiro atoms. The Morgan fingerprint density at radius 1 is 1.42 bits per heavy atom. The summed E-state index contributed by atoms with van der Waals surface area (Å²) in [5.41, 5.74) is 0. The van der Waals surface area contributed by atoms with E-state index in [1.165, 1.54) is 25.7 Å². The zero-order valence-electron chi connectivity index (χ0n) is 12.6. The number of hydrogen-bond acceptors (Lipinski definition) is 3. The Hall–Kier alpha value is -0.900. The van der Waals surface area contributed by atoms with Crippen molar-refractivity contribution in [2.75, 3.05) is 7.05 Å². The molecule has 19 heavy (non-hydrogen) atoms. The molecule has 1 fully saturated rings. The normalized spacial score (nSPS) is 24.8. The first-order valence-electron chi connectivity index (χ1n) is 7.82. The monoisotopic (exact) mass is 264 g/mol. The van der Waals surface area contributed by atoms with Crippen LogP contribution in [0.3, 0.4) is 0 Å². The Kier molecular flexibility index (Phi) is 5.37. The summed E-state index contributed by atoms with van der Waals surface area (Å²) in [4.78, 5) is 4.44. The first-order chi connectivity index (χ1) is 9.28. The molecule has 1 heterocycles. The van der Waals surface area contributed by atoms with E-state index in [4.69, 9.17) is 0 Å². The Balaban J connectivity index is 1.97. The van der Waals surface area contributed by atoms with Crippen LogP contribution in [0.2, 0.25) is 0 Å². The summed E-state index contributed by atoms with van der Waals surface area (Å²) in [6, 6.07) is 0.552. The molecular formula is C15H28N4. The van der Waals surface area contributed by atoms with Gasteiger partial charge in [0.25, 0.3) is 0 Å². The molecule has 4 nitrogen and oxygen atoms in total. The summed E-state index contributed by atoms with van der Waals surface area (Å²) in [7, 11) is 2.09. The van der Waals surface area contributed by atoms with Gasteiger partial charge in [0.1, 0.15) is 12.2 Å². The zero-order valence-corrected chi connectivity index (χ0v) is 12.6. The minimum absolute atomic E-state index is 0.552. The summed E-state index contributed by atoms with van der Waals surface area (Å²) < 4.78 is 2.07. The van der Waals surface area contributed by atoms with Crippen molar-refractivity contribution in [2.45, 2.75) is 65.0 Å². The lowest BCUT2D eigenvalue weighted by atomic mass is 9.93. The largest absolute Gasteiger partial charge is 0.316 e. The summed E-state index contributed by atoms with van der Waals surface area (Å²) >= 11 is 0. The Morgan fingerprint density at radius 2 is 2.26 bits per heavy atom. The van der Waals surface area contributed by atoms with Crippen molar-refractivity contribution in [3.8, 4) is 0 Å². The van der Waals surface area contributed by atoms with Gasteiger partial charge in [-0.3, -0.25) is 4.68 Å². The van der Waals surface area contributed by atoms with E-state index in [0.29, 0.717) is 6.04 Å². The number of likely N-dealkylation sites (N-methyl/N-ethyl adjacent to an activating group) is 1. The van der Waals surface area contributed by atoms with Crippen LogP contribution in [-0.4, -0.2) is 27.9 Å². The third-order valence-electron chi connectivity index (χ3n) is 4.63. The van der Waals surface area contributed by atoms with Crippen molar-refractivity contribution >= 4 is 0 Å². The molecule has 4 heteroatoms. The molecular weight excluding hydrogens is 236 g/mol. The van der Waals surface area contributed by atoms with Gasteiger partial charge in [-0.1, -0.05) is 26.7 Å². The van der Waals surface area contributed by atoms with Crippen LogP contribution in [0.4, 0.5) is 0 Å². The summed E-state index contributed by atoms with van der Waals surface area (Å²) in [5.74, 6) is 2.89. The minimum atomic E-state index is 0.552. The molecule has 0 aliphatic heterocycles. The van der Waals surface area contributed by atoms with E-state index in [9.17, 15) is 0 Å². The van der Waals surface area contributed by atoms with Crippen molar-refractivity contribution in [3.05, 3.63) is 12.2 Å². The second kappa shape index (κ2) is 7.04. The molecule has 2 rings (SSSR count). The van der Waals surface area contributed by atoms with Gasteiger partial charge in [-0.15, -0.1) is 0 Å². The van der Waals surface area contributed by atoms with Crippen molar-refractivity contribution in [1.29, 1.82) is 0 Å². The van der Waals surface area contributed by atoms with Crippen LogP contribution in [0.5, 0.6) is 0 Å². The van der Waals surface area contributed by atoms with Gasteiger partial charge in [0.15, 0.2) is 0 Å². The molecule has 3 atom stereocenters. The van der Waals surface area contributed by atoms with Crippen molar-refractivity contribution in [1.82, 2.24) is 20.1 Å². The summed E-state index contributed by atoms with van der Waals surface area (Å²) in [6.45, 7) is 5.48. The molecule has 108 valence electrons. The summed E-state index contributed by atoms with van der Waals surface area (Å²) in [6.07, 6.45) is 9.30. The maximum atomic E-state index is 4.44. The van der Waals surface area contributed by atoms with E-state index in [1.54, 1.807) is 6.33 Å². The third-order valence-corrected chi connectivity index (χ3v) is 4.63. The van der Waals surface area contributed by atoms with Crippen LogP contribution in [0, 0.1) is 11.8 Å². The quantitative estimate of drug-likeness (QED) is 0.823.